The fourth-order valence-corrected chi connectivity index (χ4v) is 3.03. The van der Waals surface area contributed by atoms with Crippen molar-refractivity contribution in [3.63, 3.8) is 0 Å². The average Bonchev–Trinajstić information content (AvgIpc) is 2.43. The van der Waals surface area contributed by atoms with Crippen LogP contribution in [0.1, 0.15) is 32.4 Å². The van der Waals surface area contributed by atoms with Gasteiger partial charge < -0.3 is 14.4 Å². The second kappa shape index (κ2) is 7.49. The molecule has 2 rings (SSSR count). The van der Waals surface area contributed by atoms with E-state index in [1.807, 2.05) is 0 Å². The number of carbonyl (C=O) groups is 1. The summed E-state index contributed by atoms with van der Waals surface area (Å²) in [6.45, 7) is 5.00. The molecule has 2 heterocycles. The quantitative estimate of drug-likeness (QED) is 0.655. The minimum atomic E-state index is -2.72. The predicted octanol–water partition coefficient (Wildman–Crippen LogP) is 4.44. The lowest BCUT2D eigenvalue weighted by molar-refractivity contribution is -0.141. The Morgan fingerprint density at radius 2 is 2.12 bits per heavy atom. The monoisotopic (exact) mass is 426 g/mol. The third-order valence-corrected chi connectivity index (χ3v) is 3.82. The van der Waals surface area contributed by atoms with Crippen LogP contribution in [0.3, 0.4) is 0 Å². The molecule has 2 atom stereocenters. The van der Waals surface area contributed by atoms with Gasteiger partial charge in [-0.1, -0.05) is 11.6 Å². The molecule has 1 amide bonds. The van der Waals surface area contributed by atoms with Gasteiger partial charge in [-0.15, -0.1) is 0 Å². The largest absolute Gasteiger partial charge is 0.444 e. The maximum absolute atomic E-state index is 13.2. The molecule has 1 aliphatic rings. The van der Waals surface area contributed by atoms with Crippen molar-refractivity contribution in [2.75, 3.05) is 13.1 Å². The summed E-state index contributed by atoms with van der Waals surface area (Å²) in [7, 11) is 0. The predicted molar refractivity (Wildman–Crippen MR) is 88.4 cm³/mol. The maximum Gasteiger partial charge on any atom is 0.410 e. The molecule has 0 spiro atoms. The number of nitrogens with zero attached hydrogens (tertiary/aromatic N) is 2. The van der Waals surface area contributed by atoms with Gasteiger partial charge in [0.25, 0.3) is 6.43 Å². The van der Waals surface area contributed by atoms with E-state index in [0.29, 0.717) is 10.2 Å². The van der Waals surface area contributed by atoms with Gasteiger partial charge in [0, 0.05) is 0 Å². The summed E-state index contributed by atoms with van der Waals surface area (Å²) in [4.78, 5) is 17.4. The zero-order valence-corrected chi connectivity index (χ0v) is 15.8. The first kappa shape index (κ1) is 19.3. The molecular formula is C15H18BrClF2N2O3. The summed E-state index contributed by atoms with van der Waals surface area (Å²) in [5.41, 5.74) is -0.158. The van der Waals surface area contributed by atoms with E-state index in [2.05, 4.69) is 20.9 Å². The lowest BCUT2D eigenvalue weighted by Gasteiger charge is -2.38. The molecule has 24 heavy (non-hydrogen) atoms. The van der Waals surface area contributed by atoms with Crippen molar-refractivity contribution in [3.05, 3.63) is 27.5 Å². The van der Waals surface area contributed by atoms with Crippen LogP contribution in [0.5, 0.6) is 0 Å². The number of halogens is 4. The van der Waals surface area contributed by atoms with Crippen LogP contribution in [0.2, 0.25) is 5.15 Å². The van der Waals surface area contributed by atoms with Gasteiger partial charge in [0.05, 0.1) is 13.1 Å². The molecule has 0 N–H and O–H groups in total. The number of hydrogen-bond donors (Lipinski definition) is 0. The van der Waals surface area contributed by atoms with E-state index < -0.39 is 30.3 Å². The number of hydrogen-bond acceptors (Lipinski definition) is 4. The van der Waals surface area contributed by atoms with Crippen LogP contribution in [0, 0.1) is 0 Å². The Morgan fingerprint density at radius 3 is 2.67 bits per heavy atom. The summed E-state index contributed by atoms with van der Waals surface area (Å²) >= 11 is 9.11. The van der Waals surface area contributed by atoms with Crippen LogP contribution in [-0.4, -0.2) is 47.2 Å². The molecule has 0 aliphatic carbocycles. The number of rotatable bonds is 2. The standard InChI is InChI=1S/C15H18BrClF2N2O3/c1-15(2,3)24-14(22)21-6-9(23-10(7-21)13(18)19)8-4-11(16)20-12(17)5-8/h4-5,9-10,13H,6-7H2,1-3H3. The van der Waals surface area contributed by atoms with Crippen molar-refractivity contribution in [2.24, 2.45) is 0 Å². The topological polar surface area (TPSA) is 51.7 Å². The van der Waals surface area contributed by atoms with Crippen LogP contribution in [0.4, 0.5) is 13.6 Å². The molecule has 9 heteroatoms. The van der Waals surface area contributed by atoms with Crippen molar-refractivity contribution >= 4 is 33.6 Å². The first-order valence-corrected chi connectivity index (χ1v) is 8.47. The Labute approximate surface area is 152 Å². The van der Waals surface area contributed by atoms with Gasteiger partial charge in [-0.25, -0.2) is 18.6 Å². The van der Waals surface area contributed by atoms with Gasteiger partial charge in [0.1, 0.15) is 27.6 Å². The zero-order valence-electron chi connectivity index (χ0n) is 13.4. The van der Waals surface area contributed by atoms with Gasteiger partial charge >= 0.3 is 6.09 Å². The van der Waals surface area contributed by atoms with Crippen molar-refractivity contribution in [1.29, 1.82) is 0 Å². The van der Waals surface area contributed by atoms with Crippen molar-refractivity contribution < 1.29 is 23.0 Å². The summed E-state index contributed by atoms with van der Waals surface area (Å²) < 4.78 is 37.6. The summed E-state index contributed by atoms with van der Waals surface area (Å²) in [5.74, 6) is 0. The molecule has 0 aromatic carbocycles. The third kappa shape index (κ3) is 5.26. The number of morpholine rings is 1. The summed E-state index contributed by atoms with van der Waals surface area (Å²) in [6.07, 6.45) is -5.52. The van der Waals surface area contributed by atoms with Crippen LogP contribution in [-0.2, 0) is 9.47 Å². The molecule has 2 unspecified atom stereocenters. The van der Waals surface area contributed by atoms with E-state index in [0.717, 1.165) is 0 Å². The summed E-state index contributed by atoms with van der Waals surface area (Å²) in [5, 5.41) is 0.200. The highest BCUT2D eigenvalue weighted by molar-refractivity contribution is 9.10. The minimum absolute atomic E-state index is 0.0882. The minimum Gasteiger partial charge on any atom is -0.444 e. The van der Waals surface area contributed by atoms with E-state index in [9.17, 15) is 13.6 Å². The van der Waals surface area contributed by atoms with E-state index in [1.54, 1.807) is 26.8 Å². The zero-order chi connectivity index (χ0) is 18.1. The number of carbonyl (C=O) groups excluding carboxylic acids is 1. The molecule has 1 aliphatic heterocycles. The number of ether oxygens (including phenoxy) is 2. The highest BCUT2D eigenvalue weighted by Gasteiger charge is 2.38. The lowest BCUT2D eigenvalue weighted by atomic mass is 10.1. The highest BCUT2D eigenvalue weighted by atomic mass is 79.9. The lowest BCUT2D eigenvalue weighted by Crippen LogP contribution is -2.50. The normalized spacial score (nSPS) is 21.9. The molecule has 1 fully saturated rings. The van der Waals surface area contributed by atoms with Gasteiger partial charge in [0.2, 0.25) is 0 Å². The van der Waals surface area contributed by atoms with Gasteiger partial charge in [-0.05, 0) is 54.4 Å². The fraction of sp³-hybridized carbons (Fsp3) is 0.600. The molecule has 0 saturated carbocycles. The molecule has 5 nitrogen and oxygen atoms in total. The van der Waals surface area contributed by atoms with Crippen LogP contribution in [0.25, 0.3) is 0 Å². The SMILES string of the molecule is CC(C)(C)OC(=O)N1CC(c2cc(Cl)nc(Br)c2)OC(C(F)F)C1. The van der Waals surface area contributed by atoms with Gasteiger partial charge in [-0.3, -0.25) is 0 Å². The van der Waals surface area contributed by atoms with Crippen molar-refractivity contribution in [2.45, 2.75) is 45.0 Å². The second-order valence-electron chi connectivity index (χ2n) is 6.43. The molecule has 1 aromatic rings. The van der Waals surface area contributed by atoms with Crippen LogP contribution in [0.15, 0.2) is 16.7 Å². The Hall–Kier alpha value is -0.990. The van der Waals surface area contributed by atoms with E-state index in [4.69, 9.17) is 21.1 Å². The Kier molecular flexibility index (Phi) is 6.04. The molecule has 1 aromatic heterocycles. The maximum atomic E-state index is 13.2. The van der Waals surface area contributed by atoms with Gasteiger partial charge in [-0.2, -0.15) is 0 Å². The van der Waals surface area contributed by atoms with Gasteiger partial charge in [0.15, 0.2) is 0 Å². The van der Waals surface area contributed by atoms with Crippen molar-refractivity contribution in [3.8, 4) is 0 Å². The number of alkyl halides is 2. The first-order chi connectivity index (χ1) is 11.0. The average molecular weight is 428 g/mol. The van der Waals surface area contributed by atoms with E-state index >= 15 is 0 Å². The Morgan fingerprint density at radius 1 is 1.46 bits per heavy atom. The summed E-state index contributed by atoms with van der Waals surface area (Å²) in [6, 6.07) is 3.15. The third-order valence-electron chi connectivity index (χ3n) is 3.22. The number of amides is 1. The van der Waals surface area contributed by atoms with E-state index in [-0.39, 0.29) is 18.2 Å². The molecule has 1 saturated heterocycles. The second-order valence-corrected chi connectivity index (χ2v) is 7.63. The Bertz CT molecular complexity index is 593. The highest BCUT2D eigenvalue weighted by Crippen LogP contribution is 2.31. The molecular weight excluding hydrogens is 410 g/mol. The fourth-order valence-electron chi connectivity index (χ4n) is 2.26. The number of pyridine rings is 1. The smallest absolute Gasteiger partial charge is 0.410 e. The first-order valence-electron chi connectivity index (χ1n) is 7.29. The number of aromatic nitrogens is 1. The van der Waals surface area contributed by atoms with Crippen LogP contribution < -0.4 is 0 Å². The Balaban J connectivity index is 2.23. The van der Waals surface area contributed by atoms with E-state index in [1.165, 1.54) is 11.0 Å². The molecule has 134 valence electrons. The molecule has 0 bridgehead atoms. The van der Waals surface area contributed by atoms with Crippen molar-refractivity contribution in [1.82, 2.24) is 9.88 Å². The van der Waals surface area contributed by atoms with Crippen LogP contribution >= 0.6 is 27.5 Å². The molecule has 0 radical (unpaired) electrons.